The van der Waals surface area contributed by atoms with Crippen molar-refractivity contribution in [2.24, 2.45) is 0 Å². The monoisotopic (exact) mass is 591 g/mol. The number of aromatic hydroxyl groups is 1. The molecule has 1 spiro atoms. The smallest absolute Gasteiger partial charge is 0.353 e. The Hall–Kier alpha value is -4.22. The van der Waals surface area contributed by atoms with E-state index >= 15 is 0 Å². The van der Waals surface area contributed by atoms with Crippen molar-refractivity contribution in [3.05, 3.63) is 71.0 Å². The zero-order valence-electron chi connectivity index (χ0n) is 24.1. The molecule has 11 nitrogen and oxygen atoms in total. The molecule has 2 bridgehead atoms. The van der Waals surface area contributed by atoms with Gasteiger partial charge in [0.05, 0.1) is 17.4 Å². The maximum Gasteiger partial charge on any atom is 0.353 e. The maximum atomic E-state index is 13.5. The molecule has 226 valence electrons. The molecule has 2 aliphatic heterocycles. The molecule has 2 aliphatic carbocycles. The molecule has 43 heavy (non-hydrogen) atoms. The zero-order chi connectivity index (χ0) is 30.7. The fourth-order valence-electron chi connectivity index (χ4n) is 7.34. The number of likely N-dealkylation sites (tertiary alicyclic amines) is 1. The van der Waals surface area contributed by atoms with Crippen LogP contribution in [0, 0.1) is 0 Å². The average molecular weight is 592 g/mol. The molecule has 6 rings (SSSR count). The van der Waals surface area contributed by atoms with Crippen LogP contribution in [-0.4, -0.2) is 76.2 Å². The summed E-state index contributed by atoms with van der Waals surface area (Å²) in [6.07, 6.45) is -1.72. The molecule has 6 atom stereocenters. The van der Waals surface area contributed by atoms with Gasteiger partial charge in [-0.3, -0.25) is 14.4 Å². The Morgan fingerprint density at radius 2 is 1.84 bits per heavy atom. The minimum atomic E-state index is -1.67. The van der Waals surface area contributed by atoms with Gasteiger partial charge in [0.25, 0.3) is 0 Å². The molecule has 4 aliphatic rings. The Bertz CT molecular complexity index is 1540. The lowest BCUT2D eigenvalue weighted by molar-refractivity contribution is -0.178. The number of rotatable bonds is 8. The van der Waals surface area contributed by atoms with E-state index < -0.39 is 59.4 Å². The van der Waals surface area contributed by atoms with E-state index in [1.54, 1.807) is 42.5 Å². The number of esters is 3. The van der Waals surface area contributed by atoms with Crippen molar-refractivity contribution in [1.29, 1.82) is 0 Å². The summed E-state index contributed by atoms with van der Waals surface area (Å²) in [5.74, 6) is -2.95. The molecule has 0 unspecified atom stereocenters. The second-order valence-electron chi connectivity index (χ2n) is 11.7. The summed E-state index contributed by atoms with van der Waals surface area (Å²) < 4.78 is 22.6. The highest BCUT2D eigenvalue weighted by atomic mass is 16.6. The maximum absolute atomic E-state index is 13.5. The summed E-state index contributed by atoms with van der Waals surface area (Å²) in [5, 5.41) is 23.0. The van der Waals surface area contributed by atoms with Crippen LogP contribution < -0.4 is 4.74 Å². The fourth-order valence-corrected chi connectivity index (χ4v) is 7.34. The molecule has 2 N–H and O–H groups in total. The number of carbonyl (C=O) groups is 4. The molecule has 0 radical (unpaired) electrons. The van der Waals surface area contributed by atoms with E-state index in [9.17, 15) is 29.4 Å². The number of benzene rings is 2. The first-order valence-corrected chi connectivity index (χ1v) is 14.2. The third-order valence-electron chi connectivity index (χ3n) is 9.22. The van der Waals surface area contributed by atoms with Crippen molar-refractivity contribution in [3.8, 4) is 11.5 Å². The lowest BCUT2D eigenvalue weighted by atomic mass is 9.50. The van der Waals surface area contributed by atoms with E-state index in [1.165, 1.54) is 6.92 Å². The quantitative estimate of drug-likeness (QED) is 0.344. The average Bonchev–Trinajstić information content (AvgIpc) is 3.32. The Morgan fingerprint density at radius 1 is 1.09 bits per heavy atom. The Labute approximate surface area is 248 Å². The number of likely N-dealkylation sites (N-methyl/N-ethyl adjacent to an activating group) is 1. The predicted molar refractivity (Wildman–Crippen MR) is 149 cm³/mol. The van der Waals surface area contributed by atoms with Crippen LogP contribution in [0.5, 0.6) is 11.5 Å². The van der Waals surface area contributed by atoms with Crippen LogP contribution in [-0.2, 0) is 45.2 Å². The van der Waals surface area contributed by atoms with Crippen molar-refractivity contribution in [2.75, 3.05) is 13.6 Å². The summed E-state index contributed by atoms with van der Waals surface area (Å²) in [7, 11) is 1.96. The number of hydrogen-bond donors (Lipinski definition) is 2. The minimum Gasteiger partial charge on any atom is -0.504 e. The number of ether oxygens (including phenoxy) is 4. The first kappa shape index (κ1) is 28.9. The third-order valence-corrected chi connectivity index (χ3v) is 9.22. The number of nitrogens with zero attached hydrogens (tertiary/aromatic N) is 1. The van der Waals surface area contributed by atoms with Gasteiger partial charge in [0.1, 0.15) is 5.76 Å². The number of ketones is 1. The van der Waals surface area contributed by atoms with E-state index in [4.69, 9.17) is 18.9 Å². The lowest BCUT2D eigenvalue weighted by Gasteiger charge is -2.61. The molecule has 2 aromatic rings. The first-order valence-electron chi connectivity index (χ1n) is 14.2. The van der Waals surface area contributed by atoms with Crippen LogP contribution >= 0.6 is 0 Å². The summed E-state index contributed by atoms with van der Waals surface area (Å²) in [6.45, 7) is 3.01. The molecule has 2 aromatic carbocycles. The Kier molecular flexibility index (Phi) is 7.05. The molecule has 11 heteroatoms. The third kappa shape index (κ3) is 4.49. The number of carbonyl (C=O) groups excluding carboxylic acids is 4. The second-order valence-corrected chi connectivity index (χ2v) is 11.7. The molecule has 0 aromatic heterocycles. The SMILES string of the molecule is CC(=O)O[C@@H](CC(=O)O[C@H](C(C)=O)c1ccccc1)C(=O)OC1=CC[C@@]2(O)[C@H]3Cc4ccc(O)c5c4[C@@]2(CCN3C)[C@H]1O5. The number of phenolic OH excluding ortho intramolecular Hbond substituents is 1. The van der Waals surface area contributed by atoms with Crippen LogP contribution in [0.25, 0.3) is 0 Å². The number of piperidine rings is 1. The van der Waals surface area contributed by atoms with Crippen LogP contribution in [0.2, 0.25) is 0 Å². The molecular weight excluding hydrogens is 558 g/mol. The Balaban J connectivity index is 1.26. The molecule has 2 heterocycles. The number of aliphatic hydroxyl groups is 1. The molecule has 1 saturated heterocycles. The van der Waals surface area contributed by atoms with Crippen LogP contribution in [0.15, 0.2) is 54.3 Å². The number of phenols is 1. The minimum absolute atomic E-state index is 0.0769. The van der Waals surface area contributed by atoms with Gasteiger partial charge in [-0.25, -0.2) is 4.79 Å². The fraction of sp³-hybridized carbons (Fsp3) is 0.438. The molecule has 0 amide bonds. The summed E-state index contributed by atoms with van der Waals surface area (Å²) >= 11 is 0. The van der Waals surface area contributed by atoms with E-state index in [2.05, 4.69) is 4.90 Å². The standard InChI is InChI=1S/C32H33NO10/c1-17(34)27(19-7-5-4-6-8-19)42-25(37)16-23(40-18(2)35)30(38)41-22-11-12-32(39)24-15-20-9-10-21(36)28-26(20)31(32,29(22)43-28)13-14-33(24)3/h4-11,23-24,27,29,36,39H,12-16H2,1-3H3/t23-,24+,27+,29-,31-,32+/m0/s1. The summed E-state index contributed by atoms with van der Waals surface area (Å²) in [4.78, 5) is 52.7. The van der Waals surface area contributed by atoms with Crippen molar-refractivity contribution < 1.29 is 48.3 Å². The van der Waals surface area contributed by atoms with Gasteiger partial charge in [-0.05, 0) is 56.6 Å². The largest absolute Gasteiger partial charge is 0.504 e. The van der Waals surface area contributed by atoms with Gasteiger partial charge in [-0.15, -0.1) is 0 Å². The van der Waals surface area contributed by atoms with Gasteiger partial charge in [-0.2, -0.15) is 0 Å². The van der Waals surface area contributed by atoms with Gasteiger partial charge in [0.15, 0.2) is 29.5 Å². The van der Waals surface area contributed by atoms with E-state index in [0.29, 0.717) is 24.9 Å². The zero-order valence-corrected chi connectivity index (χ0v) is 24.1. The summed E-state index contributed by atoms with van der Waals surface area (Å²) in [6, 6.07) is 11.6. The lowest BCUT2D eigenvalue weighted by Crippen LogP contribution is -2.74. The van der Waals surface area contributed by atoms with Crippen molar-refractivity contribution >= 4 is 23.7 Å². The van der Waals surface area contributed by atoms with Crippen LogP contribution in [0.4, 0.5) is 0 Å². The molecule has 1 fully saturated rings. The van der Waals surface area contributed by atoms with E-state index in [1.807, 2.05) is 13.1 Å². The van der Waals surface area contributed by atoms with Gasteiger partial charge in [-0.1, -0.05) is 36.4 Å². The first-order chi connectivity index (χ1) is 20.5. The highest BCUT2D eigenvalue weighted by Gasteiger charge is 2.72. The molecular formula is C32H33NO10. The normalized spacial score (nSPS) is 28.0. The highest BCUT2D eigenvalue weighted by Crippen LogP contribution is 2.65. The van der Waals surface area contributed by atoms with Crippen molar-refractivity contribution in [3.63, 3.8) is 0 Å². The number of hydrogen-bond acceptors (Lipinski definition) is 11. The van der Waals surface area contributed by atoms with Crippen molar-refractivity contribution in [1.82, 2.24) is 4.90 Å². The van der Waals surface area contributed by atoms with Crippen LogP contribution in [0.3, 0.4) is 0 Å². The van der Waals surface area contributed by atoms with Gasteiger partial charge in [0.2, 0.25) is 6.10 Å². The van der Waals surface area contributed by atoms with Gasteiger partial charge < -0.3 is 34.1 Å². The van der Waals surface area contributed by atoms with E-state index in [0.717, 1.165) is 18.1 Å². The molecule has 0 saturated carbocycles. The van der Waals surface area contributed by atoms with Crippen molar-refractivity contribution in [2.45, 2.75) is 74.9 Å². The summed E-state index contributed by atoms with van der Waals surface area (Å²) in [5.41, 5.74) is -0.120. The number of Topliss-reactive ketones (excluding diaryl/α,β-unsaturated/α-hetero) is 1. The highest BCUT2D eigenvalue weighted by molar-refractivity contribution is 5.88. The predicted octanol–water partition coefficient (Wildman–Crippen LogP) is 2.41. The van der Waals surface area contributed by atoms with Crippen LogP contribution in [0.1, 0.15) is 55.9 Å². The topological polar surface area (TPSA) is 149 Å². The van der Waals surface area contributed by atoms with Gasteiger partial charge in [0, 0.05) is 24.9 Å². The Morgan fingerprint density at radius 3 is 2.53 bits per heavy atom. The van der Waals surface area contributed by atoms with Gasteiger partial charge >= 0.3 is 17.9 Å². The van der Waals surface area contributed by atoms with E-state index in [-0.39, 0.29) is 29.7 Å². The second kappa shape index (κ2) is 10.5.